The van der Waals surface area contributed by atoms with Gasteiger partial charge in [0.15, 0.2) is 0 Å². The first-order valence-corrected chi connectivity index (χ1v) is 5.70. The molecule has 1 heterocycles. The van der Waals surface area contributed by atoms with Crippen LogP contribution in [0, 0.1) is 0 Å². The minimum atomic E-state index is -4.59. The number of ether oxygens (including phenoxy) is 1. The van der Waals surface area contributed by atoms with Crippen LogP contribution < -0.4 is 10.9 Å². The first kappa shape index (κ1) is 16.3. The zero-order chi connectivity index (χ0) is 15.5. The molecular weight excluding hydrogens is 303 g/mol. The Kier molecular flexibility index (Phi) is 4.98. The van der Waals surface area contributed by atoms with Crippen LogP contribution in [0.2, 0.25) is 5.02 Å². The number of nitrogens with one attached hydrogen (secondary N) is 1. The Morgan fingerprint density at radius 2 is 2.20 bits per heavy atom. The topological polar surface area (TPSA) is 73.2 Å². The number of nitrogens with zero attached hydrogens (tertiary/aromatic N) is 2. The minimum absolute atomic E-state index is 0.0482. The van der Waals surface area contributed by atoms with Crippen LogP contribution >= 0.6 is 11.6 Å². The van der Waals surface area contributed by atoms with E-state index in [9.17, 15) is 22.8 Å². The first-order valence-electron chi connectivity index (χ1n) is 5.32. The number of anilines is 1. The molecule has 0 saturated heterocycles. The van der Waals surface area contributed by atoms with E-state index in [-0.39, 0.29) is 10.4 Å². The van der Waals surface area contributed by atoms with E-state index < -0.39 is 35.3 Å². The van der Waals surface area contributed by atoms with E-state index in [1.165, 1.54) is 14.0 Å². The molecule has 6 nitrogen and oxygen atoms in total. The largest absolute Gasteiger partial charge is 0.467 e. The van der Waals surface area contributed by atoms with Crippen molar-refractivity contribution in [3.05, 3.63) is 21.6 Å². The fourth-order valence-corrected chi connectivity index (χ4v) is 1.52. The Hall–Kier alpha value is -1.77. The fourth-order valence-electron chi connectivity index (χ4n) is 1.32. The summed E-state index contributed by atoms with van der Waals surface area (Å²) in [7, 11) is 1.17. The van der Waals surface area contributed by atoms with Crippen LogP contribution in [0.15, 0.2) is 11.0 Å². The van der Waals surface area contributed by atoms with Crippen molar-refractivity contribution in [2.24, 2.45) is 0 Å². The molecule has 0 aliphatic heterocycles. The summed E-state index contributed by atoms with van der Waals surface area (Å²) in [5, 5.41) is 5.39. The smallest absolute Gasteiger partial charge is 0.408 e. The number of alkyl halides is 3. The highest BCUT2D eigenvalue weighted by Crippen LogP contribution is 2.19. The molecule has 1 rings (SSSR count). The Morgan fingerprint density at radius 1 is 1.60 bits per heavy atom. The molecule has 1 atom stereocenters. The van der Waals surface area contributed by atoms with Crippen molar-refractivity contribution < 1.29 is 22.7 Å². The standard InChI is InChI=1S/C10H11ClF3N3O3/c1-5(9(19)20-2)16-6-3-15-17(4-10(12,13)14)8(18)7(6)11/h3,5,16H,4H2,1-2H3. The second kappa shape index (κ2) is 6.12. The molecule has 0 saturated carbocycles. The van der Waals surface area contributed by atoms with E-state index in [2.05, 4.69) is 15.2 Å². The lowest BCUT2D eigenvalue weighted by atomic mass is 10.3. The number of carbonyl (C=O) groups excluding carboxylic acids is 1. The van der Waals surface area contributed by atoms with Crippen molar-refractivity contribution in [2.75, 3.05) is 12.4 Å². The summed E-state index contributed by atoms with van der Waals surface area (Å²) >= 11 is 5.66. The van der Waals surface area contributed by atoms with Crippen LogP contribution in [-0.4, -0.2) is 35.1 Å². The van der Waals surface area contributed by atoms with Crippen molar-refractivity contribution in [1.82, 2.24) is 9.78 Å². The molecule has 0 radical (unpaired) electrons. The molecule has 0 aliphatic carbocycles. The molecule has 0 bridgehead atoms. The number of carbonyl (C=O) groups is 1. The summed E-state index contributed by atoms with van der Waals surface area (Å²) in [6.45, 7) is -0.109. The van der Waals surface area contributed by atoms with Gasteiger partial charge in [-0.25, -0.2) is 9.48 Å². The highest BCUT2D eigenvalue weighted by atomic mass is 35.5. The van der Waals surface area contributed by atoms with Gasteiger partial charge in [-0.1, -0.05) is 11.6 Å². The van der Waals surface area contributed by atoms with Crippen LogP contribution in [-0.2, 0) is 16.1 Å². The summed E-state index contributed by atoms with van der Waals surface area (Å²) in [6, 6.07) is -0.836. The normalized spacial score (nSPS) is 12.9. The average Bonchev–Trinajstić information content (AvgIpc) is 2.35. The lowest BCUT2D eigenvalue weighted by Crippen LogP contribution is -2.32. The van der Waals surface area contributed by atoms with E-state index in [0.717, 1.165) is 6.20 Å². The number of esters is 1. The van der Waals surface area contributed by atoms with Crippen molar-refractivity contribution in [1.29, 1.82) is 0 Å². The Labute approximate surface area is 116 Å². The van der Waals surface area contributed by atoms with Crippen LogP contribution in [0.5, 0.6) is 0 Å². The predicted molar refractivity (Wildman–Crippen MR) is 64.7 cm³/mol. The number of hydrogen-bond acceptors (Lipinski definition) is 5. The Morgan fingerprint density at radius 3 is 2.70 bits per heavy atom. The second-order valence-electron chi connectivity index (χ2n) is 3.84. The molecule has 1 N–H and O–H groups in total. The Balaban J connectivity index is 3.01. The van der Waals surface area contributed by atoms with Gasteiger partial charge in [0.25, 0.3) is 5.56 Å². The van der Waals surface area contributed by atoms with Crippen LogP contribution in [0.4, 0.5) is 18.9 Å². The van der Waals surface area contributed by atoms with E-state index in [1.807, 2.05) is 0 Å². The lowest BCUT2D eigenvalue weighted by molar-refractivity contribution is -0.143. The SMILES string of the molecule is COC(=O)C(C)Nc1cnn(CC(F)(F)F)c(=O)c1Cl. The zero-order valence-electron chi connectivity index (χ0n) is 10.5. The second-order valence-corrected chi connectivity index (χ2v) is 4.22. The van der Waals surface area contributed by atoms with Gasteiger partial charge in [-0.3, -0.25) is 4.79 Å². The summed E-state index contributed by atoms with van der Waals surface area (Å²) < 4.78 is 41.2. The van der Waals surface area contributed by atoms with Gasteiger partial charge in [-0.2, -0.15) is 18.3 Å². The molecule has 0 fully saturated rings. The van der Waals surface area contributed by atoms with Crippen LogP contribution in [0.3, 0.4) is 0 Å². The Bertz CT molecular complexity index is 559. The number of rotatable bonds is 4. The van der Waals surface area contributed by atoms with E-state index in [1.54, 1.807) is 0 Å². The van der Waals surface area contributed by atoms with E-state index in [0.29, 0.717) is 0 Å². The molecule has 10 heteroatoms. The summed E-state index contributed by atoms with van der Waals surface area (Å²) in [4.78, 5) is 22.8. The quantitative estimate of drug-likeness (QED) is 0.851. The van der Waals surface area contributed by atoms with Gasteiger partial charge in [-0.15, -0.1) is 0 Å². The van der Waals surface area contributed by atoms with Crippen LogP contribution in [0.25, 0.3) is 0 Å². The maximum Gasteiger partial charge on any atom is 0.408 e. The monoisotopic (exact) mass is 313 g/mol. The van der Waals surface area contributed by atoms with Gasteiger partial charge >= 0.3 is 12.1 Å². The fraction of sp³-hybridized carbons (Fsp3) is 0.500. The van der Waals surface area contributed by atoms with Gasteiger partial charge in [0.1, 0.15) is 17.6 Å². The third-order valence-electron chi connectivity index (χ3n) is 2.24. The van der Waals surface area contributed by atoms with Crippen molar-refractivity contribution in [2.45, 2.75) is 25.7 Å². The lowest BCUT2D eigenvalue weighted by Gasteiger charge is -2.15. The molecule has 112 valence electrons. The molecule has 20 heavy (non-hydrogen) atoms. The third-order valence-corrected chi connectivity index (χ3v) is 2.61. The maximum atomic E-state index is 12.2. The van der Waals surface area contributed by atoms with Crippen molar-refractivity contribution in [3.63, 3.8) is 0 Å². The first-order chi connectivity index (χ1) is 9.15. The highest BCUT2D eigenvalue weighted by molar-refractivity contribution is 6.33. The van der Waals surface area contributed by atoms with E-state index >= 15 is 0 Å². The summed E-state index contributed by atoms with van der Waals surface area (Å²) in [5.74, 6) is -0.625. The maximum absolute atomic E-state index is 12.2. The molecular formula is C10H11ClF3N3O3. The van der Waals surface area contributed by atoms with Gasteiger partial charge < -0.3 is 10.1 Å². The third kappa shape index (κ3) is 4.12. The van der Waals surface area contributed by atoms with Gasteiger partial charge in [-0.05, 0) is 6.92 Å². The zero-order valence-corrected chi connectivity index (χ0v) is 11.2. The van der Waals surface area contributed by atoms with Gasteiger partial charge in [0.2, 0.25) is 0 Å². The van der Waals surface area contributed by atoms with E-state index in [4.69, 9.17) is 11.6 Å². The van der Waals surface area contributed by atoms with Gasteiger partial charge in [0.05, 0.1) is 19.0 Å². The molecule has 0 amide bonds. The summed E-state index contributed by atoms with van der Waals surface area (Å²) in [6.07, 6.45) is -3.65. The number of methoxy groups -OCH3 is 1. The van der Waals surface area contributed by atoms with Crippen LogP contribution in [0.1, 0.15) is 6.92 Å². The summed E-state index contributed by atoms with van der Waals surface area (Å²) in [5.41, 5.74) is -1.15. The van der Waals surface area contributed by atoms with Crippen molar-refractivity contribution >= 4 is 23.3 Å². The molecule has 0 aliphatic rings. The van der Waals surface area contributed by atoms with Gasteiger partial charge in [0, 0.05) is 0 Å². The minimum Gasteiger partial charge on any atom is -0.467 e. The predicted octanol–water partition coefficient (Wildman–Crippen LogP) is 1.43. The molecule has 0 aromatic carbocycles. The van der Waals surface area contributed by atoms with Crippen molar-refractivity contribution in [3.8, 4) is 0 Å². The molecule has 1 aromatic rings. The molecule has 1 aromatic heterocycles. The number of halogens is 4. The number of aromatic nitrogens is 2. The highest BCUT2D eigenvalue weighted by Gasteiger charge is 2.30. The molecule has 1 unspecified atom stereocenters. The molecule has 0 spiro atoms. The number of hydrogen-bond donors (Lipinski definition) is 1. The average molecular weight is 314 g/mol.